The highest BCUT2D eigenvalue weighted by atomic mass is 32.2. The van der Waals surface area contributed by atoms with Crippen molar-refractivity contribution in [1.82, 2.24) is 9.62 Å². The molecule has 0 radical (unpaired) electrons. The van der Waals surface area contributed by atoms with E-state index in [9.17, 15) is 14.4 Å². The topological polar surface area (TPSA) is 92.5 Å². The first kappa shape index (κ1) is 20.1. The number of Topliss-reactive ketones (excluding diaryl/α,β-unsaturated/α-hetero) is 1. The molecule has 7 heteroatoms. The first-order valence-electron chi connectivity index (χ1n) is 9.16. The summed E-state index contributed by atoms with van der Waals surface area (Å²) in [6.45, 7) is 0.636. The summed E-state index contributed by atoms with van der Waals surface area (Å²) in [6.07, 6.45) is 0.916. The SMILES string of the molecule is NC(=O)C(=O)C(Cc1ccccc1)NC(=O)[C@@H]1CCSN1Cc1ccccc1. The van der Waals surface area contributed by atoms with Gasteiger partial charge in [-0.1, -0.05) is 72.6 Å². The molecule has 1 aliphatic heterocycles. The summed E-state index contributed by atoms with van der Waals surface area (Å²) < 4.78 is 2.03. The molecule has 0 aromatic heterocycles. The molecule has 1 unspecified atom stereocenters. The molecule has 1 saturated heterocycles. The average Bonchev–Trinajstić information content (AvgIpc) is 3.16. The van der Waals surface area contributed by atoms with Crippen molar-refractivity contribution in [1.29, 1.82) is 0 Å². The number of rotatable bonds is 8. The molecule has 3 N–H and O–H groups in total. The fourth-order valence-corrected chi connectivity index (χ4v) is 4.38. The second-order valence-electron chi connectivity index (χ2n) is 6.68. The average molecular weight is 398 g/mol. The van der Waals surface area contributed by atoms with Gasteiger partial charge >= 0.3 is 0 Å². The molecule has 6 nitrogen and oxygen atoms in total. The lowest BCUT2D eigenvalue weighted by Crippen LogP contribution is -2.52. The summed E-state index contributed by atoms with van der Waals surface area (Å²) in [5.74, 6) is -1.24. The fraction of sp³-hybridized carbons (Fsp3) is 0.286. The minimum Gasteiger partial charge on any atom is -0.363 e. The molecular formula is C21H23N3O3S. The van der Waals surface area contributed by atoms with Crippen molar-refractivity contribution < 1.29 is 14.4 Å². The predicted molar refractivity (Wildman–Crippen MR) is 109 cm³/mol. The Morgan fingerprint density at radius 3 is 2.25 bits per heavy atom. The highest BCUT2D eigenvalue weighted by Gasteiger charge is 2.34. The first-order valence-corrected chi connectivity index (χ1v) is 10.1. The van der Waals surface area contributed by atoms with E-state index in [4.69, 9.17) is 5.73 Å². The van der Waals surface area contributed by atoms with Gasteiger partial charge in [-0.3, -0.25) is 14.4 Å². The standard InChI is InChI=1S/C21H23N3O3S/c22-20(26)19(25)17(13-15-7-3-1-4-8-15)23-21(27)18-11-12-28-24(18)14-16-9-5-2-6-10-16/h1-10,17-18H,11-14H2,(H2,22,26)(H,23,27)/t17?,18-/m0/s1. The van der Waals surface area contributed by atoms with Crippen LogP contribution in [0.5, 0.6) is 0 Å². The number of primary amides is 1. The van der Waals surface area contributed by atoms with Crippen LogP contribution in [0.15, 0.2) is 60.7 Å². The van der Waals surface area contributed by atoms with E-state index >= 15 is 0 Å². The largest absolute Gasteiger partial charge is 0.363 e. The number of ketones is 1. The normalized spacial score (nSPS) is 17.8. The van der Waals surface area contributed by atoms with Gasteiger partial charge in [-0.15, -0.1) is 0 Å². The molecule has 2 amide bonds. The van der Waals surface area contributed by atoms with Gasteiger partial charge in [0.2, 0.25) is 11.7 Å². The maximum atomic E-state index is 12.9. The Hall–Kier alpha value is -2.64. The van der Waals surface area contributed by atoms with Crippen LogP contribution in [0, 0.1) is 0 Å². The summed E-state index contributed by atoms with van der Waals surface area (Å²) >= 11 is 1.62. The van der Waals surface area contributed by atoms with Gasteiger partial charge in [0.25, 0.3) is 5.91 Å². The zero-order chi connectivity index (χ0) is 19.9. The van der Waals surface area contributed by atoms with Crippen LogP contribution in [0.4, 0.5) is 0 Å². The van der Waals surface area contributed by atoms with Crippen molar-refractivity contribution in [3.63, 3.8) is 0 Å². The van der Waals surface area contributed by atoms with Crippen LogP contribution < -0.4 is 11.1 Å². The molecular weight excluding hydrogens is 374 g/mol. The van der Waals surface area contributed by atoms with Gasteiger partial charge in [-0.25, -0.2) is 4.31 Å². The van der Waals surface area contributed by atoms with Crippen LogP contribution in [0.25, 0.3) is 0 Å². The van der Waals surface area contributed by atoms with Crippen LogP contribution in [-0.2, 0) is 27.3 Å². The smallest absolute Gasteiger partial charge is 0.287 e. The summed E-state index contributed by atoms with van der Waals surface area (Å²) in [6, 6.07) is 17.8. The number of amides is 2. The number of hydrogen-bond donors (Lipinski definition) is 2. The van der Waals surface area contributed by atoms with Crippen LogP contribution in [0.2, 0.25) is 0 Å². The number of carbonyl (C=O) groups is 3. The van der Waals surface area contributed by atoms with E-state index in [2.05, 4.69) is 5.32 Å². The third-order valence-corrected chi connectivity index (χ3v) is 5.77. The van der Waals surface area contributed by atoms with E-state index in [-0.39, 0.29) is 18.4 Å². The molecule has 0 saturated carbocycles. The number of nitrogens with two attached hydrogens (primary N) is 1. The van der Waals surface area contributed by atoms with Crippen molar-refractivity contribution in [3.8, 4) is 0 Å². The Labute approximate surface area is 168 Å². The number of hydrogen-bond acceptors (Lipinski definition) is 5. The first-order chi connectivity index (χ1) is 13.5. The molecule has 1 aliphatic rings. The van der Waals surface area contributed by atoms with Crippen molar-refractivity contribution in [2.24, 2.45) is 5.73 Å². The second kappa shape index (κ2) is 9.52. The Balaban J connectivity index is 1.69. The summed E-state index contributed by atoms with van der Waals surface area (Å²) in [7, 11) is 0. The fourth-order valence-electron chi connectivity index (χ4n) is 3.20. The van der Waals surface area contributed by atoms with Gasteiger partial charge in [0.05, 0.1) is 0 Å². The van der Waals surface area contributed by atoms with E-state index in [0.717, 1.165) is 16.9 Å². The molecule has 1 fully saturated rings. The maximum Gasteiger partial charge on any atom is 0.287 e. The van der Waals surface area contributed by atoms with Crippen LogP contribution in [0.3, 0.4) is 0 Å². The van der Waals surface area contributed by atoms with E-state index in [1.165, 1.54) is 0 Å². The molecule has 2 aromatic carbocycles. The number of carbonyl (C=O) groups excluding carboxylic acids is 3. The van der Waals surface area contributed by atoms with Gasteiger partial charge in [0.15, 0.2) is 0 Å². The molecule has 0 bridgehead atoms. The second-order valence-corrected chi connectivity index (χ2v) is 7.81. The van der Waals surface area contributed by atoms with Crippen molar-refractivity contribution >= 4 is 29.5 Å². The molecule has 0 aliphatic carbocycles. The van der Waals surface area contributed by atoms with Crippen LogP contribution in [-0.4, -0.2) is 39.7 Å². The highest BCUT2D eigenvalue weighted by molar-refractivity contribution is 7.97. The minimum atomic E-state index is -1.04. The lowest BCUT2D eigenvalue weighted by molar-refractivity contribution is -0.138. The maximum absolute atomic E-state index is 12.9. The van der Waals surface area contributed by atoms with Gasteiger partial charge in [-0.05, 0) is 17.5 Å². The molecule has 2 atom stereocenters. The molecule has 28 heavy (non-hydrogen) atoms. The minimum absolute atomic E-state index is 0.229. The highest BCUT2D eigenvalue weighted by Crippen LogP contribution is 2.29. The zero-order valence-electron chi connectivity index (χ0n) is 15.4. The molecule has 0 spiro atoms. The van der Waals surface area contributed by atoms with Crippen molar-refractivity contribution in [2.45, 2.75) is 31.5 Å². The monoisotopic (exact) mass is 397 g/mol. The Morgan fingerprint density at radius 2 is 1.64 bits per heavy atom. The van der Waals surface area contributed by atoms with Crippen molar-refractivity contribution in [2.75, 3.05) is 5.75 Å². The third-order valence-electron chi connectivity index (χ3n) is 4.64. The Kier molecular flexibility index (Phi) is 6.84. The summed E-state index contributed by atoms with van der Waals surface area (Å²) in [4.78, 5) is 36.6. The zero-order valence-corrected chi connectivity index (χ0v) is 16.2. The summed E-state index contributed by atoms with van der Waals surface area (Å²) in [5, 5.41) is 2.76. The molecule has 1 heterocycles. The van der Waals surface area contributed by atoms with Crippen LogP contribution >= 0.6 is 11.9 Å². The van der Waals surface area contributed by atoms with E-state index < -0.39 is 17.7 Å². The lowest BCUT2D eigenvalue weighted by Gasteiger charge is -2.25. The Bertz CT molecular complexity index is 829. The lowest BCUT2D eigenvalue weighted by atomic mass is 10.0. The van der Waals surface area contributed by atoms with Crippen LogP contribution in [0.1, 0.15) is 17.5 Å². The van der Waals surface area contributed by atoms with Gasteiger partial charge in [-0.2, -0.15) is 0 Å². The quantitative estimate of drug-likeness (QED) is 0.522. The van der Waals surface area contributed by atoms with Gasteiger partial charge < -0.3 is 11.1 Å². The van der Waals surface area contributed by atoms with Gasteiger partial charge in [0.1, 0.15) is 12.1 Å². The van der Waals surface area contributed by atoms with E-state index in [1.807, 2.05) is 65.0 Å². The summed E-state index contributed by atoms with van der Waals surface area (Å²) in [5.41, 5.74) is 7.16. The van der Waals surface area contributed by atoms with Gasteiger partial charge in [0, 0.05) is 18.7 Å². The number of nitrogens with one attached hydrogen (secondary N) is 1. The Morgan fingerprint density at radius 1 is 1.04 bits per heavy atom. The van der Waals surface area contributed by atoms with Crippen molar-refractivity contribution in [3.05, 3.63) is 71.8 Å². The van der Waals surface area contributed by atoms with E-state index in [0.29, 0.717) is 13.0 Å². The molecule has 2 aromatic rings. The predicted octanol–water partition coefficient (Wildman–Crippen LogP) is 1.69. The number of benzene rings is 2. The van der Waals surface area contributed by atoms with E-state index in [1.54, 1.807) is 11.9 Å². The molecule has 3 rings (SSSR count). The third kappa shape index (κ3) is 5.21. The molecule has 146 valence electrons. The number of nitrogens with zero attached hydrogens (tertiary/aromatic N) is 1.